The van der Waals surface area contributed by atoms with Gasteiger partial charge in [0.05, 0.1) is 24.2 Å². The van der Waals surface area contributed by atoms with Crippen LogP contribution in [0.1, 0.15) is 30.1 Å². The van der Waals surface area contributed by atoms with Crippen molar-refractivity contribution in [3.8, 4) is 0 Å². The van der Waals surface area contributed by atoms with E-state index in [1.165, 1.54) is 7.11 Å². The fourth-order valence-corrected chi connectivity index (χ4v) is 5.39. The number of hydrogen-bond acceptors (Lipinski definition) is 5. The molecule has 8 heteroatoms. The van der Waals surface area contributed by atoms with E-state index in [1.54, 1.807) is 15.7 Å². The van der Waals surface area contributed by atoms with Gasteiger partial charge in [0.15, 0.2) is 9.84 Å². The molecule has 1 aliphatic rings. The predicted octanol–water partition coefficient (Wildman–Crippen LogP) is 1.85. The zero-order chi connectivity index (χ0) is 19.6. The molecule has 1 saturated heterocycles. The van der Waals surface area contributed by atoms with Crippen molar-refractivity contribution in [2.45, 2.75) is 32.4 Å². The standard InChI is InChI=1S/C19H24N2O5S/c1-3-9-21(14-8-10-27(24,25)13-14)18(22)12-20-11-16(19(23)26-2)15-6-4-5-7-17(15)20/h4-7,11,14H,3,8-10,12-13H2,1-2H3. The van der Waals surface area contributed by atoms with Crippen molar-refractivity contribution >= 4 is 32.6 Å². The van der Waals surface area contributed by atoms with E-state index in [1.807, 2.05) is 31.2 Å². The molecule has 1 aliphatic heterocycles. The summed E-state index contributed by atoms with van der Waals surface area (Å²) in [5.74, 6) is -0.441. The summed E-state index contributed by atoms with van der Waals surface area (Å²) in [6.07, 6.45) is 2.86. The summed E-state index contributed by atoms with van der Waals surface area (Å²) in [5, 5.41) is 0.725. The van der Waals surface area contributed by atoms with Crippen LogP contribution in [-0.4, -0.2) is 61.0 Å². The van der Waals surface area contributed by atoms with Crippen LogP contribution < -0.4 is 0 Å². The first-order valence-corrected chi connectivity index (χ1v) is 10.8. The van der Waals surface area contributed by atoms with Gasteiger partial charge in [-0.3, -0.25) is 4.79 Å². The highest BCUT2D eigenvalue weighted by atomic mass is 32.2. The maximum absolute atomic E-state index is 13.0. The molecule has 1 unspecified atom stereocenters. The second kappa shape index (κ2) is 7.72. The Morgan fingerprint density at radius 2 is 2.04 bits per heavy atom. The Morgan fingerprint density at radius 1 is 1.30 bits per heavy atom. The maximum atomic E-state index is 13.0. The lowest BCUT2D eigenvalue weighted by Crippen LogP contribution is -2.43. The smallest absolute Gasteiger partial charge is 0.340 e. The molecule has 0 bridgehead atoms. The van der Waals surface area contributed by atoms with Gasteiger partial charge in [-0.25, -0.2) is 13.2 Å². The number of carbonyl (C=O) groups is 2. The molecule has 1 fully saturated rings. The zero-order valence-corrected chi connectivity index (χ0v) is 16.4. The minimum Gasteiger partial charge on any atom is -0.465 e. The van der Waals surface area contributed by atoms with Crippen molar-refractivity contribution in [2.75, 3.05) is 25.2 Å². The third-order valence-electron chi connectivity index (χ3n) is 4.93. The third-order valence-corrected chi connectivity index (χ3v) is 6.68. The van der Waals surface area contributed by atoms with Crippen molar-refractivity contribution in [3.63, 3.8) is 0 Å². The Kier molecular flexibility index (Phi) is 5.55. The molecule has 1 aromatic carbocycles. The molecule has 7 nitrogen and oxygen atoms in total. The number of aromatic nitrogens is 1. The number of carbonyl (C=O) groups excluding carboxylic acids is 2. The van der Waals surface area contributed by atoms with Gasteiger partial charge in [-0.15, -0.1) is 0 Å². The lowest BCUT2D eigenvalue weighted by molar-refractivity contribution is -0.133. The number of hydrogen-bond donors (Lipinski definition) is 0. The second-order valence-corrected chi connectivity index (χ2v) is 9.05. The summed E-state index contributed by atoms with van der Waals surface area (Å²) in [4.78, 5) is 26.7. The van der Waals surface area contributed by atoms with E-state index in [9.17, 15) is 18.0 Å². The number of methoxy groups -OCH3 is 1. The topological polar surface area (TPSA) is 85.7 Å². The summed E-state index contributed by atoms with van der Waals surface area (Å²) in [7, 11) is -1.75. The molecule has 1 atom stereocenters. The quantitative estimate of drug-likeness (QED) is 0.701. The van der Waals surface area contributed by atoms with Crippen molar-refractivity contribution in [1.82, 2.24) is 9.47 Å². The van der Waals surface area contributed by atoms with Crippen LogP contribution in [0, 0.1) is 0 Å². The summed E-state index contributed by atoms with van der Waals surface area (Å²) in [6, 6.07) is 7.06. The molecule has 27 heavy (non-hydrogen) atoms. The lowest BCUT2D eigenvalue weighted by Gasteiger charge is -2.28. The summed E-state index contributed by atoms with van der Waals surface area (Å²) < 4.78 is 30.2. The highest BCUT2D eigenvalue weighted by molar-refractivity contribution is 7.91. The molecule has 3 rings (SSSR count). The highest BCUT2D eigenvalue weighted by Gasteiger charge is 2.34. The number of esters is 1. The zero-order valence-electron chi connectivity index (χ0n) is 15.6. The minimum atomic E-state index is -3.07. The number of rotatable bonds is 6. The number of nitrogens with zero attached hydrogens (tertiary/aromatic N) is 2. The Labute approximate surface area is 158 Å². The SMILES string of the molecule is CCCN(C(=O)Cn1cc(C(=O)OC)c2ccccc21)C1CCS(=O)(=O)C1. The van der Waals surface area contributed by atoms with Gasteiger partial charge in [0.1, 0.15) is 6.54 Å². The number of benzene rings is 1. The summed E-state index contributed by atoms with van der Waals surface area (Å²) in [6.45, 7) is 2.53. The fourth-order valence-electron chi connectivity index (χ4n) is 3.66. The Bertz CT molecular complexity index is 964. The predicted molar refractivity (Wildman–Crippen MR) is 102 cm³/mol. The van der Waals surface area contributed by atoms with Gasteiger partial charge < -0.3 is 14.2 Å². The summed E-state index contributed by atoms with van der Waals surface area (Å²) >= 11 is 0. The number of para-hydroxylation sites is 1. The average molecular weight is 392 g/mol. The monoisotopic (exact) mass is 392 g/mol. The van der Waals surface area contributed by atoms with Crippen molar-refractivity contribution in [1.29, 1.82) is 0 Å². The minimum absolute atomic E-state index is 0.0264. The van der Waals surface area contributed by atoms with Gasteiger partial charge in [-0.05, 0) is 18.9 Å². The van der Waals surface area contributed by atoms with Crippen molar-refractivity contribution < 1.29 is 22.7 Å². The lowest BCUT2D eigenvalue weighted by atomic mass is 10.2. The number of sulfone groups is 1. The van der Waals surface area contributed by atoms with Gasteiger partial charge in [-0.2, -0.15) is 0 Å². The Hall–Kier alpha value is -2.35. The van der Waals surface area contributed by atoms with E-state index in [2.05, 4.69) is 0 Å². The van der Waals surface area contributed by atoms with Crippen LogP contribution in [0.3, 0.4) is 0 Å². The Balaban J connectivity index is 1.89. The molecule has 1 amide bonds. The van der Waals surface area contributed by atoms with Crippen LogP contribution in [0.2, 0.25) is 0 Å². The van der Waals surface area contributed by atoms with E-state index in [-0.39, 0.29) is 30.0 Å². The van der Waals surface area contributed by atoms with E-state index in [4.69, 9.17) is 4.74 Å². The molecule has 0 saturated carbocycles. The molecule has 2 aromatic rings. The van der Waals surface area contributed by atoms with E-state index >= 15 is 0 Å². The maximum Gasteiger partial charge on any atom is 0.340 e. The van der Waals surface area contributed by atoms with Crippen LogP contribution in [0.5, 0.6) is 0 Å². The van der Waals surface area contributed by atoms with Gasteiger partial charge in [-0.1, -0.05) is 25.1 Å². The normalized spacial score (nSPS) is 18.5. The first-order chi connectivity index (χ1) is 12.9. The molecule has 0 N–H and O–H groups in total. The van der Waals surface area contributed by atoms with Crippen LogP contribution in [0.4, 0.5) is 0 Å². The van der Waals surface area contributed by atoms with Crippen molar-refractivity contribution in [2.24, 2.45) is 0 Å². The molecule has 0 spiro atoms. The molecule has 0 aliphatic carbocycles. The largest absolute Gasteiger partial charge is 0.465 e. The van der Waals surface area contributed by atoms with E-state index < -0.39 is 15.8 Å². The first-order valence-electron chi connectivity index (χ1n) is 9.02. The van der Waals surface area contributed by atoms with E-state index in [0.29, 0.717) is 18.5 Å². The van der Waals surface area contributed by atoms with Gasteiger partial charge in [0.25, 0.3) is 0 Å². The van der Waals surface area contributed by atoms with Gasteiger partial charge in [0.2, 0.25) is 5.91 Å². The molecular weight excluding hydrogens is 368 g/mol. The number of fused-ring (bicyclic) bond motifs is 1. The molecule has 1 aromatic heterocycles. The van der Waals surface area contributed by atoms with Gasteiger partial charge >= 0.3 is 5.97 Å². The number of ether oxygens (including phenoxy) is 1. The highest BCUT2D eigenvalue weighted by Crippen LogP contribution is 2.23. The summed E-state index contributed by atoms with van der Waals surface area (Å²) in [5.41, 5.74) is 1.17. The second-order valence-electron chi connectivity index (χ2n) is 6.82. The fraction of sp³-hybridized carbons (Fsp3) is 0.474. The van der Waals surface area contributed by atoms with Crippen molar-refractivity contribution in [3.05, 3.63) is 36.0 Å². The average Bonchev–Trinajstić information content (AvgIpc) is 3.19. The Morgan fingerprint density at radius 3 is 2.67 bits per heavy atom. The van der Waals surface area contributed by atoms with Gasteiger partial charge in [0, 0.05) is 29.7 Å². The van der Waals surface area contributed by atoms with E-state index in [0.717, 1.165) is 17.3 Å². The molecular formula is C19H24N2O5S. The van der Waals surface area contributed by atoms with Crippen LogP contribution in [0.25, 0.3) is 10.9 Å². The molecule has 146 valence electrons. The van der Waals surface area contributed by atoms with Crippen LogP contribution in [0.15, 0.2) is 30.5 Å². The molecule has 2 heterocycles. The number of amides is 1. The molecule has 0 radical (unpaired) electrons. The third kappa shape index (κ3) is 4.00. The van der Waals surface area contributed by atoms with Crippen LogP contribution in [-0.2, 0) is 25.9 Å². The van der Waals surface area contributed by atoms with Crippen LogP contribution >= 0.6 is 0 Å². The first kappa shape index (κ1) is 19.4.